The van der Waals surface area contributed by atoms with Crippen LogP contribution in [-0.4, -0.2) is 29.0 Å². The van der Waals surface area contributed by atoms with Crippen molar-refractivity contribution in [2.75, 3.05) is 18.8 Å². The van der Waals surface area contributed by atoms with Crippen LogP contribution in [0.5, 0.6) is 0 Å². The lowest BCUT2D eigenvalue weighted by Gasteiger charge is -2.28. The third-order valence-corrected chi connectivity index (χ3v) is 5.23. The first-order valence-electron chi connectivity index (χ1n) is 7.16. The van der Waals surface area contributed by atoms with E-state index in [-0.39, 0.29) is 5.41 Å². The standard InChI is InChI=1S/C14H25N3OS/c1-10(2)7-19-8-12-16-13(18-17-12)14(11(3)4)5-6-15-9-14/h10-11,15H,5-9H2,1-4H3. The molecule has 1 aromatic heterocycles. The van der Waals surface area contributed by atoms with Gasteiger partial charge in [0.25, 0.3) is 0 Å². The van der Waals surface area contributed by atoms with Crippen LogP contribution in [0.3, 0.4) is 0 Å². The summed E-state index contributed by atoms with van der Waals surface area (Å²) in [7, 11) is 0. The van der Waals surface area contributed by atoms with Crippen LogP contribution >= 0.6 is 11.8 Å². The van der Waals surface area contributed by atoms with Crippen molar-refractivity contribution >= 4 is 11.8 Å². The fraction of sp³-hybridized carbons (Fsp3) is 0.857. The fourth-order valence-corrected chi connectivity index (χ4v) is 3.42. The average Bonchev–Trinajstić information content (AvgIpc) is 2.96. The predicted molar refractivity (Wildman–Crippen MR) is 79.3 cm³/mol. The lowest BCUT2D eigenvalue weighted by atomic mass is 9.76. The smallest absolute Gasteiger partial charge is 0.234 e. The molecule has 2 heterocycles. The van der Waals surface area contributed by atoms with Crippen molar-refractivity contribution in [2.45, 2.75) is 45.3 Å². The second kappa shape index (κ2) is 6.27. The number of nitrogens with one attached hydrogen (secondary N) is 1. The van der Waals surface area contributed by atoms with Gasteiger partial charge in [0.05, 0.1) is 11.2 Å². The number of aromatic nitrogens is 2. The number of hydrogen-bond acceptors (Lipinski definition) is 5. The van der Waals surface area contributed by atoms with Gasteiger partial charge in [-0.15, -0.1) is 0 Å². The Kier molecular flexibility index (Phi) is 4.90. The summed E-state index contributed by atoms with van der Waals surface area (Å²) < 4.78 is 5.56. The van der Waals surface area contributed by atoms with E-state index >= 15 is 0 Å². The van der Waals surface area contributed by atoms with Gasteiger partial charge < -0.3 is 9.84 Å². The molecule has 1 atom stereocenters. The molecule has 1 aliphatic rings. The summed E-state index contributed by atoms with van der Waals surface area (Å²) in [5.41, 5.74) is 0.0357. The molecule has 2 rings (SSSR count). The van der Waals surface area contributed by atoms with Crippen LogP contribution in [0.2, 0.25) is 0 Å². The van der Waals surface area contributed by atoms with Crippen molar-refractivity contribution < 1.29 is 4.52 Å². The van der Waals surface area contributed by atoms with E-state index < -0.39 is 0 Å². The summed E-state index contributed by atoms with van der Waals surface area (Å²) in [6.07, 6.45) is 1.09. The quantitative estimate of drug-likeness (QED) is 0.870. The van der Waals surface area contributed by atoms with Crippen LogP contribution in [-0.2, 0) is 11.2 Å². The molecule has 1 aliphatic heterocycles. The zero-order chi connectivity index (χ0) is 13.9. The van der Waals surface area contributed by atoms with Gasteiger partial charge in [0.2, 0.25) is 5.89 Å². The summed E-state index contributed by atoms with van der Waals surface area (Å²) >= 11 is 1.88. The van der Waals surface area contributed by atoms with Crippen LogP contribution in [0.15, 0.2) is 4.52 Å². The van der Waals surface area contributed by atoms with E-state index in [1.807, 2.05) is 11.8 Å². The first kappa shape index (κ1) is 14.9. The first-order chi connectivity index (χ1) is 9.04. The molecule has 1 fully saturated rings. The molecule has 0 aromatic carbocycles. The highest BCUT2D eigenvalue weighted by Crippen LogP contribution is 2.37. The third kappa shape index (κ3) is 3.31. The Labute approximate surface area is 120 Å². The number of thioether (sulfide) groups is 1. The molecule has 108 valence electrons. The minimum absolute atomic E-state index is 0.0357. The largest absolute Gasteiger partial charge is 0.339 e. The average molecular weight is 283 g/mol. The molecule has 0 saturated carbocycles. The Bertz CT molecular complexity index is 397. The molecular weight excluding hydrogens is 258 g/mol. The van der Waals surface area contributed by atoms with Gasteiger partial charge in [0.1, 0.15) is 0 Å². The second-order valence-electron chi connectivity index (χ2n) is 6.16. The van der Waals surface area contributed by atoms with E-state index in [1.54, 1.807) is 0 Å². The number of rotatable bonds is 6. The summed E-state index contributed by atoms with van der Waals surface area (Å²) in [5.74, 6) is 4.88. The zero-order valence-electron chi connectivity index (χ0n) is 12.4. The topological polar surface area (TPSA) is 51.0 Å². The first-order valence-corrected chi connectivity index (χ1v) is 8.31. The van der Waals surface area contributed by atoms with E-state index in [0.717, 1.165) is 42.7 Å². The minimum atomic E-state index is 0.0357. The van der Waals surface area contributed by atoms with E-state index in [4.69, 9.17) is 4.52 Å². The molecule has 0 aliphatic carbocycles. The van der Waals surface area contributed by atoms with Crippen LogP contribution in [0.4, 0.5) is 0 Å². The van der Waals surface area contributed by atoms with E-state index in [9.17, 15) is 0 Å². The maximum Gasteiger partial charge on any atom is 0.234 e. The Hall–Kier alpha value is -0.550. The van der Waals surface area contributed by atoms with Crippen LogP contribution < -0.4 is 5.32 Å². The third-order valence-electron chi connectivity index (χ3n) is 3.87. The Morgan fingerprint density at radius 1 is 1.37 bits per heavy atom. The van der Waals surface area contributed by atoms with Gasteiger partial charge in [-0.05, 0) is 30.6 Å². The Morgan fingerprint density at radius 3 is 2.74 bits per heavy atom. The van der Waals surface area contributed by atoms with Crippen molar-refractivity contribution in [2.24, 2.45) is 11.8 Å². The van der Waals surface area contributed by atoms with Crippen molar-refractivity contribution in [1.29, 1.82) is 0 Å². The van der Waals surface area contributed by atoms with Crippen molar-refractivity contribution in [1.82, 2.24) is 15.5 Å². The van der Waals surface area contributed by atoms with Gasteiger partial charge in [-0.3, -0.25) is 0 Å². The van der Waals surface area contributed by atoms with Crippen LogP contribution in [0, 0.1) is 11.8 Å². The molecule has 0 spiro atoms. The predicted octanol–water partition coefficient (Wildman–Crippen LogP) is 2.85. The molecule has 1 N–H and O–H groups in total. The minimum Gasteiger partial charge on any atom is -0.339 e. The van der Waals surface area contributed by atoms with E-state index in [0.29, 0.717) is 11.8 Å². The van der Waals surface area contributed by atoms with Crippen LogP contribution in [0.25, 0.3) is 0 Å². The molecule has 0 amide bonds. The van der Waals surface area contributed by atoms with Gasteiger partial charge in [0.15, 0.2) is 5.82 Å². The Balaban J connectivity index is 2.03. The lowest BCUT2D eigenvalue weighted by molar-refractivity contribution is 0.234. The second-order valence-corrected chi connectivity index (χ2v) is 7.19. The van der Waals surface area contributed by atoms with Crippen LogP contribution in [0.1, 0.15) is 45.8 Å². The summed E-state index contributed by atoms with van der Waals surface area (Å²) in [6, 6.07) is 0. The van der Waals surface area contributed by atoms with Gasteiger partial charge in [-0.2, -0.15) is 16.7 Å². The fourth-order valence-electron chi connectivity index (χ4n) is 2.53. The lowest BCUT2D eigenvalue weighted by Crippen LogP contribution is -2.35. The summed E-state index contributed by atoms with van der Waals surface area (Å²) in [6.45, 7) is 10.9. The van der Waals surface area contributed by atoms with Crippen molar-refractivity contribution in [3.8, 4) is 0 Å². The number of hydrogen-bond donors (Lipinski definition) is 1. The highest BCUT2D eigenvalue weighted by atomic mass is 32.2. The maximum atomic E-state index is 5.56. The van der Waals surface area contributed by atoms with E-state index in [2.05, 4.69) is 43.2 Å². The van der Waals surface area contributed by atoms with Gasteiger partial charge in [-0.25, -0.2) is 0 Å². The summed E-state index contributed by atoms with van der Waals surface area (Å²) in [5, 5.41) is 7.58. The molecule has 1 unspecified atom stereocenters. The van der Waals surface area contributed by atoms with Crippen molar-refractivity contribution in [3.63, 3.8) is 0 Å². The SMILES string of the molecule is CC(C)CSCc1noc(C2(C(C)C)CCNC2)n1. The Morgan fingerprint density at radius 2 is 2.16 bits per heavy atom. The summed E-state index contributed by atoms with van der Waals surface area (Å²) in [4.78, 5) is 4.64. The highest BCUT2D eigenvalue weighted by Gasteiger charge is 2.43. The molecule has 5 heteroatoms. The zero-order valence-corrected chi connectivity index (χ0v) is 13.2. The van der Waals surface area contributed by atoms with Crippen molar-refractivity contribution in [3.05, 3.63) is 11.7 Å². The van der Waals surface area contributed by atoms with Gasteiger partial charge in [-0.1, -0.05) is 32.9 Å². The molecular formula is C14H25N3OS. The van der Waals surface area contributed by atoms with Gasteiger partial charge in [0, 0.05) is 6.54 Å². The molecule has 1 saturated heterocycles. The highest BCUT2D eigenvalue weighted by molar-refractivity contribution is 7.98. The molecule has 0 radical (unpaired) electrons. The van der Waals surface area contributed by atoms with E-state index in [1.165, 1.54) is 0 Å². The molecule has 19 heavy (non-hydrogen) atoms. The molecule has 0 bridgehead atoms. The molecule has 1 aromatic rings. The maximum absolute atomic E-state index is 5.56. The monoisotopic (exact) mass is 283 g/mol. The number of nitrogens with zero attached hydrogens (tertiary/aromatic N) is 2. The normalized spacial score (nSPS) is 23.7. The van der Waals surface area contributed by atoms with Gasteiger partial charge >= 0.3 is 0 Å². The molecule has 4 nitrogen and oxygen atoms in total.